The van der Waals surface area contributed by atoms with E-state index in [9.17, 15) is 29.9 Å². The highest BCUT2D eigenvalue weighted by Crippen LogP contribution is 2.41. The van der Waals surface area contributed by atoms with Gasteiger partial charge in [0.05, 0.1) is 17.2 Å². The first-order valence-electron chi connectivity index (χ1n) is 15.9. The number of nitrogens with one attached hydrogen (secondary N) is 1. The molecule has 1 amide bonds. The first-order chi connectivity index (χ1) is 22.6. The van der Waals surface area contributed by atoms with Gasteiger partial charge in [-0.2, -0.15) is 0 Å². The maximum Gasteiger partial charge on any atom is 0.408 e. The lowest BCUT2D eigenvalue weighted by Gasteiger charge is -2.23. The Morgan fingerprint density at radius 1 is 1.02 bits per heavy atom. The molecule has 11 nitrogen and oxygen atoms in total. The highest BCUT2D eigenvalue weighted by Gasteiger charge is 2.28. The van der Waals surface area contributed by atoms with Gasteiger partial charge < -0.3 is 29.6 Å². The number of non-ortho nitro benzene ring substituents is 1. The molecular formula is C37H45N3O8. The molecule has 11 heteroatoms. The Morgan fingerprint density at radius 3 is 2.33 bits per heavy atom. The molecule has 3 aromatic carbocycles. The van der Waals surface area contributed by atoms with Crippen LogP contribution in [0.3, 0.4) is 0 Å². The Labute approximate surface area is 280 Å². The van der Waals surface area contributed by atoms with Crippen LogP contribution in [0, 0.1) is 15.5 Å². The SMILES string of the molecule is CCn1c(-c2ccccc2COC)c(CC(C)(C)CO)c2cc(-c3cc(CC(NC(=O)OC(C)(C)C)C(=O)O)cc([N+](=O)[O-])c3)ccc21. The van der Waals surface area contributed by atoms with E-state index in [1.54, 1.807) is 33.9 Å². The van der Waals surface area contributed by atoms with Crippen LogP contribution in [0.2, 0.25) is 0 Å². The van der Waals surface area contributed by atoms with Gasteiger partial charge in [0.2, 0.25) is 0 Å². The number of benzene rings is 3. The van der Waals surface area contributed by atoms with Gasteiger partial charge in [-0.1, -0.05) is 50.2 Å². The van der Waals surface area contributed by atoms with Crippen LogP contribution in [0.4, 0.5) is 10.5 Å². The molecule has 1 heterocycles. The zero-order valence-electron chi connectivity index (χ0n) is 28.6. The van der Waals surface area contributed by atoms with Gasteiger partial charge in [0, 0.05) is 55.3 Å². The second kappa shape index (κ2) is 14.6. The van der Waals surface area contributed by atoms with E-state index in [0.29, 0.717) is 36.3 Å². The van der Waals surface area contributed by atoms with E-state index in [2.05, 4.69) is 22.9 Å². The minimum atomic E-state index is -1.38. The van der Waals surface area contributed by atoms with Crippen molar-refractivity contribution < 1.29 is 34.2 Å². The van der Waals surface area contributed by atoms with Gasteiger partial charge in [-0.15, -0.1) is 0 Å². The van der Waals surface area contributed by atoms with Crippen LogP contribution in [0.1, 0.15) is 58.2 Å². The summed E-state index contributed by atoms with van der Waals surface area (Å²) in [6.07, 6.45) is -0.537. The summed E-state index contributed by atoms with van der Waals surface area (Å²) < 4.78 is 13.0. The Bertz CT molecular complexity index is 1820. The summed E-state index contributed by atoms with van der Waals surface area (Å²) >= 11 is 0. The number of aliphatic carboxylic acids is 1. The molecule has 4 rings (SSSR count). The van der Waals surface area contributed by atoms with Crippen molar-refractivity contribution in [3.8, 4) is 22.4 Å². The fourth-order valence-corrected chi connectivity index (χ4v) is 5.94. The molecule has 0 aliphatic rings. The molecule has 48 heavy (non-hydrogen) atoms. The van der Waals surface area contributed by atoms with Crippen molar-refractivity contribution in [3.05, 3.63) is 87.5 Å². The molecule has 0 aliphatic carbocycles. The molecular weight excluding hydrogens is 614 g/mol. The number of amides is 1. The maximum absolute atomic E-state index is 12.4. The van der Waals surface area contributed by atoms with Crippen LogP contribution in [-0.4, -0.2) is 57.1 Å². The van der Waals surface area contributed by atoms with E-state index >= 15 is 0 Å². The van der Waals surface area contributed by atoms with Crippen molar-refractivity contribution in [2.75, 3.05) is 13.7 Å². The largest absolute Gasteiger partial charge is 0.480 e. The molecule has 0 saturated heterocycles. The van der Waals surface area contributed by atoms with Crippen molar-refractivity contribution in [2.24, 2.45) is 5.41 Å². The van der Waals surface area contributed by atoms with E-state index < -0.39 is 34.0 Å². The van der Waals surface area contributed by atoms with Crippen LogP contribution in [0.25, 0.3) is 33.3 Å². The number of aliphatic hydroxyl groups excluding tert-OH is 1. The smallest absolute Gasteiger partial charge is 0.408 e. The highest BCUT2D eigenvalue weighted by atomic mass is 16.6. The zero-order chi connectivity index (χ0) is 35.4. The minimum Gasteiger partial charge on any atom is -0.480 e. The summed E-state index contributed by atoms with van der Waals surface area (Å²) in [6, 6.07) is 17.1. The summed E-state index contributed by atoms with van der Waals surface area (Å²) in [7, 11) is 1.66. The van der Waals surface area contributed by atoms with E-state index in [4.69, 9.17) is 9.47 Å². The molecule has 4 aromatic rings. The number of fused-ring (bicyclic) bond motifs is 1. The van der Waals surface area contributed by atoms with Crippen LogP contribution in [0.5, 0.6) is 0 Å². The molecule has 0 saturated carbocycles. The van der Waals surface area contributed by atoms with E-state index in [0.717, 1.165) is 33.3 Å². The minimum absolute atomic E-state index is 0.0268. The zero-order valence-corrected chi connectivity index (χ0v) is 28.6. The van der Waals surface area contributed by atoms with Crippen molar-refractivity contribution in [1.29, 1.82) is 0 Å². The number of methoxy groups -OCH3 is 1. The third-order valence-electron chi connectivity index (χ3n) is 8.09. The van der Waals surface area contributed by atoms with Crippen molar-refractivity contribution in [3.63, 3.8) is 0 Å². The lowest BCUT2D eigenvalue weighted by atomic mass is 9.84. The molecule has 0 fully saturated rings. The van der Waals surface area contributed by atoms with Crippen LogP contribution in [-0.2, 0) is 40.3 Å². The lowest BCUT2D eigenvalue weighted by Crippen LogP contribution is -2.44. The average Bonchev–Trinajstić information content (AvgIpc) is 3.31. The number of alkyl carbamates (subject to hydrolysis) is 1. The second-order valence-corrected chi connectivity index (χ2v) is 13.8. The highest BCUT2D eigenvalue weighted by molar-refractivity contribution is 5.95. The Hall–Kier alpha value is -4.74. The van der Waals surface area contributed by atoms with E-state index in [-0.39, 0.29) is 18.7 Å². The fourth-order valence-electron chi connectivity index (χ4n) is 5.94. The number of carbonyl (C=O) groups is 2. The Balaban J connectivity index is 1.89. The van der Waals surface area contributed by atoms with Crippen molar-refractivity contribution in [2.45, 2.75) is 79.2 Å². The number of aromatic nitrogens is 1. The summed E-state index contributed by atoms with van der Waals surface area (Å²) in [6.45, 7) is 12.2. The number of ether oxygens (including phenoxy) is 2. The number of hydrogen-bond donors (Lipinski definition) is 3. The number of aliphatic hydroxyl groups is 1. The maximum atomic E-state index is 12.4. The molecule has 3 N–H and O–H groups in total. The Morgan fingerprint density at radius 2 is 1.73 bits per heavy atom. The molecule has 0 aliphatic heterocycles. The standard InChI is InChI=1S/C37H45N3O8/c1-8-39-32-14-13-24(19-29(32)30(20-37(5,6)22-41)33(39)28-12-10-9-11-25(28)21-47-7)26-15-23(16-27(18-26)40(45)46)17-31(34(42)43)38-35(44)48-36(2,3)4/h9-16,18-19,31,41H,8,17,20-22H2,1-7H3,(H,38,44)(H,42,43). The number of aryl methyl sites for hydroxylation is 1. The number of nitro benzene ring substituents is 1. The van der Waals surface area contributed by atoms with Crippen molar-refractivity contribution >= 4 is 28.7 Å². The van der Waals surface area contributed by atoms with Crippen LogP contribution < -0.4 is 5.32 Å². The molecule has 256 valence electrons. The molecule has 0 spiro atoms. The topological polar surface area (TPSA) is 153 Å². The van der Waals surface area contributed by atoms with Gasteiger partial charge >= 0.3 is 12.1 Å². The lowest BCUT2D eigenvalue weighted by molar-refractivity contribution is -0.384. The molecule has 1 atom stereocenters. The Kier molecular flexibility index (Phi) is 11.0. The van der Waals surface area contributed by atoms with Crippen molar-refractivity contribution in [1.82, 2.24) is 9.88 Å². The molecule has 0 radical (unpaired) electrons. The number of nitrogens with zero attached hydrogens (tertiary/aromatic N) is 2. The van der Waals surface area contributed by atoms with E-state index in [1.165, 1.54) is 12.1 Å². The summed E-state index contributed by atoms with van der Waals surface area (Å²) in [5.74, 6) is -1.30. The number of carboxylic acid groups (broad SMARTS) is 1. The van der Waals surface area contributed by atoms with E-state index in [1.807, 2.05) is 50.2 Å². The van der Waals surface area contributed by atoms with Gasteiger partial charge in [-0.25, -0.2) is 9.59 Å². The van der Waals surface area contributed by atoms with Gasteiger partial charge in [0.15, 0.2) is 0 Å². The number of carboxylic acids is 1. The summed E-state index contributed by atoms with van der Waals surface area (Å²) in [4.78, 5) is 36.0. The predicted molar refractivity (Wildman–Crippen MR) is 185 cm³/mol. The fraction of sp³-hybridized carbons (Fsp3) is 0.405. The summed E-state index contributed by atoms with van der Waals surface area (Å²) in [5, 5.41) is 35.5. The monoisotopic (exact) mass is 659 g/mol. The second-order valence-electron chi connectivity index (χ2n) is 13.8. The third kappa shape index (κ3) is 8.39. The number of carbonyl (C=O) groups excluding carboxylic acids is 1. The number of rotatable bonds is 13. The van der Waals surface area contributed by atoms with Gasteiger partial charge in [0.25, 0.3) is 5.69 Å². The third-order valence-corrected chi connectivity index (χ3v) is 8.09. The van der Waals surface area contributed by atoms with Gasteiger partial charge in [-0.05, 0) is 79.5 Å². The molecule has 1 unspecified atom stereocenters. The quantitative estimate of drug-likeness (QED) is 0.101. The molecule has 1 aromatic heterocycles. The number of nitro groups is 1. The molecule has 0 bridgehead atoms. The first kappa shape index (κ1) is 36.1. The normalized spacial score (nSPS) is 12.6. The number of hydrogen-bond acceptors (Lipinski definition) is 7. The van der Waals surface area contributed by atoms with Gasteiger partial charge in [0.1, 0.15) is 11.6 Å². The summed E-state index contributed by atoms with van der Waals surface area (Å²) in [5.41, 5.74) is 5.20. The van der Waals surface area contributed by atoms with Crippen LogP contribution >= 0.6 is 0 Å². The van der Waals surface area contributed by atoms with Crippen LogP contribution in [0.15, 0.2) is 60.7 Å². The van der Waals surface area contributed by atoms with Gasteiger partial charge in [-0.3, -0.25) is 10.1 Å². The first-order valence-corrected chi connectivity index (χ1v) is 15.9. The average molecular weight is 660 g/mol. The predicted octanol–water partition coefficient (Wildman–Crippen LogP) is 7.13.